The Morgan fingerprint density at radius 2 is 2.39 bits per heavy atom. The topological polar surface area (TPSA) is 81.2 Å². The fourth-order valence-electron chi connectivity index (χ4n) is 1.55. The van der Waals surface area contributed by atoms with Crippen molar-refractivity contribution in [1.82, 2.24) is 14.8 Å². The first-order valence-electron chi connectivity index (χ1n) is 5.52. The lowest BCUT2D eigenvalue weighted by molar-refractivity contribution is -0.133. The van der Waals surface area contributed by atoms with Gasteiger partial charge in [-0.3, -0.25) is 4.79 Å². The molecule has 0 aromatic carbocycles. The van der Waals surface area contributed by atoms with E-state index in [-0.39, 0.29) is 5.75 Å². The van der Waals surface area contributed by atoms with E-state index in [1.54, 1.807) is 12.5 Å². The van der Waals surface area contributed by atoms with Crippen molar-refractivity contribution in [3.05, 3.63) is 18.6 Å². The summed E-state index contributed by atoms with van der Waals surface area (Å²) in [7, 11) is 0. The lowest BCUT2D eigenvalue weighted by atomic mass is 10.3. The first kappa shape index (κ1) is 12.7. The van der Waals surface area contributed by atoms with Crippen LogP contribution in [0.15, 0.2) is 28.2 Å². The fraction of sp³-hybridized carbons (Fsp3) is 0.364. The van der Waals surface area contributed by atoms with Crippen LogP contribution in [-0.4, -0.2) is 31.6 Å². The summed E-state index contributed by atoms with van der Waals surface area (Å²) >= 11 is 1.17. The van der Waals surface area contributed by atoms with Gasteiger partial charge in [0.1, 0.15) is 6.26 Å². The van der Waals surface area contributed by atoms with Gasteiger partial charge in [-0.2, -0.15) is 0 Å². The number of rotatable bonds is 6. The van der Waals surface area contributed by atoms with Crippen LogP contribution < -0.4 is 0 Å². The van der Waals surface area contributed by atoms with Gasteiger partial charge in [-0.15, -0.1) is 10.2 Å². The number of furan rings is 1. The van der Waals surface area contributed by atoms with Crippen LogP contribution in [-0.2, 0) is 11.3 Å². The second-order valence-corrected chi connectivity index (χ2v) is 4.59. The molecule has 0 aliphatic carbocycles. The Balaban J connectivity index is 2.28. The molecule has 0 spiro atoms. The number of aromatic nitrogens is 3. The standard InChI is InChI=1S/C11H13N3O3S/c1-2-4-14-10(8-3-5-17-6-8)12-13-11(14)18-7-9(15)16/h3,5-6H,2,4,7H2,1H3,(H,15,16). The van der Waals surface area contributed by atoms with E-state index < -0.39 is 5.97 Å². The number of nitrogens with zero attached hydrogens (tertiary/aromatic N) is 3. The highest BCUT2D eigenvalue weighted by atomic mass is 32.2. The summed E-state index contributed by atoms with van der Waals surface area (Å²) in [6, 6.07) is 1.81. The zero-order valence-corrected chi connectivity index (χ0v) is 10.7. The maximum Gasteiger partial charge on any atom is 0.313 e. The normalized spacial score (nSPS) is 10.7. The average Bonchev–Trinajstić information content (AvgIpc) is 2.95. The zero-order chi connectivity index (χ0) is 13.0. The Hall–Kier alpha value is -1.76. The van der Waals surface area contributed by atoms with Crippen molar-refractivity contribution >= 4 is 17.7 Å². The van der Waals surface area contributed by atoms with Gasteiger partial charge in [-0.25, -0.2) is 0 Å². The van der Waals surface area contributed by atoms with Crippen LogP contribution in [0.5, 0.6) is 0 Å². The van der Waals surface area contributed by atoms with Gasteiger partial charge in [0.15, 0.2) is 11.0 Å². The molecular formula is C11H13N3O3S. The molecule has 7 heteroatoms. The lowest BCUT2D eigenvalue weighted by Gasteiger charge is -2.06. The largest absolute Gasteiger partial charge is 0.481 e. The van der Waals surface area contributed by atoms with Crippen LogP contribution in [0.4, 0.5) is 0 Å². The first-order chi connectivity index (χ1) is 8.72. The van der Waals surface area contributed by atoms with Gasteiger partial charge in [0.2, 0.25) is 0 Å². The molecule has 2 heterocycles. The molecule has 2 rings (SSSR count). The van der Waals surface area contributed by atoms with E-state index in [2.05, 4.69) is 10.2 Å². The number of hydrogen-bond acceptors (Lipinski definition) is 5. The molecule has 0 aliphatic heterocycles. The third-order valence-electron chi connectivity index (χ3n) is 2.27. The lowest BCUT2D eigenvalue weighted by Crippen LogP contribution is -2.04. The van der Waals surface area contributed by atoms with Gasteiger partial charge < -0.3 is 14.1 Å². The van der Waals surface area contributed by atoms with E-state index in [1.807, 2.05) is 17.6 Å². The van der Waals surface area contributed by atoms with Crippen molar-refractivity contribution in [1.29, 1.82) is 0 Å². The van der Waals surface area contributed by atoms with Crippen molar-refractivity contribution in [3.8, 4) is 11.4 Å². The van der Waals surface area contributed by atoms with Gasteiger partial charge in [0, 0.05) is 6.54 Å². The molecule has 0 atom stereocenters. The highest BCUT2D eigenvalue weighted by molar-refractivity contribution is 7.99. The van der Waals surface area contributed by atoms with Crippen molar-refractivity contribution < 1.29 is 14.3 Å². The Bertz CT molecular complexity index is 522. The SMILES string of the molecule is CCCn1c(SCC(=O)O)nnc1-c1ccoc1. The molecule has 1 N–H and O–H groups in total. The fourth-order valence-corrected chi connectivity index (χ4v) is 2.24. The molecule has 0 fully saturated rings. The molecule has 6 nitrogen and oxygen atoms in total. The average molecular weight is 267 g/mol. The third-order valence-corrected chi connectivity index (χ3v) is 3.22. The van der Waals surface area contributed by atoms with Gasteiger partial charge >= 0.3 is 5.97 Å². The minimum atomic E-state index is -0.865. The number of carbonyl (C=O) groups is 1. The highest BCUT2D eigenvalue weighted by Crippen LogP contribution is 2.24. The summed E-state index contributed by atoms with van der Waals surface area (Å²) in [6.07, 6.45) is 4.09. The molecule has 0 unspecified atom stereocenters. The van der Waals surface area contributed by atoms with Crippen LogP contribution in [0.2, 0.25) is 0 Å². The number of thioether (sulfide) groups is 1. The second-order valence-electron chi connectivity index (χ2n) is 3.65. The van der Waals surface area contributed by atoms with Crippen LogP contribution in [0, 0.1) is 0 Å². The maximum absolute atomic E-state index is 10.6. The van der Waals surface area contributed by atoms with Crippen molar-refractivity contribution in [2.45, 2.75) is 25.0 Å². The number of aliphatic carboxylic acids is 1. The minimum absolute atomic E-state index is 0.0206. The first-order valence-corrected chi connectivity index (χ1v) is 6.51. The van der Waals surface area contributed by atoms with Gasteiger partial charge in [-0.05, 0) is 12.5 Å². The van der Waals surface area contributed by atoms with Gasteiger partial charge in [-0.1, -0.05) is 18.7 Å². The molecule has 2 aromatic rings. The molecule has 0 bridgehead atoms. The molecule has 0 aliphatic rings. The monoisotopic (exact) mass is 267 g/mol. The van der Waals surface area contributed by atoms with Crippen LogP contribution >= 0.6 is 11.8 Å². The molecular weight excluding hydrogens is 254 g/mol. The maximum atomic E-state index is 10.6. The quantitative estimate of drug-likeness (QED) is 0.807. The highest BCUT2D eigenvalue weighted by Gasteiger charge is 2.15. The molecule has 2 aromatic heterocycles. The summed E-state index contributed by atoms with van der Waals surface area (Å²) in [4.78, 5) is 10.6. The molecule has 0 saturated carbocycles. The molecule has 0 amide bonds. The zero-order valence-electron chi connectivity index (χ0n) is 9.87. The Morgan fingerprint density at radius 3 is 3.00 bits per heavy atom. The molecule has 96 valence electrons. The van der Waals surface area contributed by atoms with Crippen molar-refractivity contribution in [3.63, 3.8) is 0 Å². The van der Waals surface area contributed by atoms with E-state index in [0.717, 1.165) is 18.5 Å². The van der Waals surface area contributed by atoms with E-state index >= 15 is 0 Å². The Morgan fingerprint density at radius 1 is 1.56 bits per heavy atom. The number of carboxylic acids is 1. The van der Waals surface area contributed by atoms with Crippen LogP contribution in [0.25, 0.3) is 11.4 Å². The van der Waals surface area contributed by atoms with E-state index in [4.69, 9.17) is 9.52 Å². The third kappa shape index (κ3) is 2.73. The minimum Gasteiger partial charge on any atom is -0.481 e. The number of carboxylic acid groups (broad SMARTS) is 1. The van der Waals surface area contributed by atoms with E-state index in [1.165, 1.54) is 11.8 Å². The van der Waals surface area contributed by atoms with Crippen LogP contribution in [0.1, 0.15) is 13.3 Å². The van der Waals surface area contributed by atoms with Crippen molar-refractivity contribution in [2.75, 3.05) is 5.75 Å². The second kappa shape index (κ2) is 5.72. The molecule has 0 saturated heterocycles. The predicted octanol–water partition coefficient (Wildman–Crippen LogP) is 2.12. The summed E-state index contributed by atoms with van der Waals surface area (Å²) in [6.45, 7) is 2.79. The van der Waals surface area contributed by atoms with Gasteiger partial charge in [0.25, 0.3) is 0 Å². The smallest absolute Gasteiger partial charge is 0.313 e. The summed E-state index contributed by atoms with van der Waals surface area (Å²) in [5.41, 5.74) is 0.845. The Kier molecular flexibility index (Phi) is 4.03. The number of hydrogen-bond donors (Lipinski definition) is 1. The van der Waals surface area contributed by atoms with E-state index in [0.29, 0.717) is 11.0 Å². The van der Waals surface area contributed by atoms with Gasteiger partial charge in [0.05, 0.1) is 17.6 Å². The predicted molar refractivity (Wildman–Crippen MR) is 66.4 cm³/mol. The summed E-state index contributed by atoms with van der Waals surface area (Å²) in [5, 5.41) is 17.4. The van der Waals surface area contributed by atoms with Crippen LogP contribution in [0.3, 0.4) is 0 Å². The van der Waals surface area contributed by atoms with E-state index in [9.17, 15) is 4.79 Å². The van der Waals surface area contributed by atoms with Crippen molar-refractivity contribution in [2.24, 2.45) is 0 Å². The molecule has 18 heavy (non-hydrogen) atoms. The molecule has 0 radical (unpaired) electrons. The Labute approximate surface area is 108 Å². The summed E-state index contributed by atoms with van der Waals surface area (Å²) < 4.78 is 6.94. The summed E-state index contributed by atoms with van der Waals surface area (Å²) in [5.74, 6) is -0.179.